The van der Waals surface area contributed by atoms with E-state index in [1.165, 1.54) is 19.3 Å². The van der Waals surface area contributed by atoms with E-state index in [4.69, 9.17) is 9.52 Å². The molecule has 1 N–H and O–H groups in total. The number of carbonyl (C=O) groups is 1. The number of hydrogen-bond acceptors (Lipinski definition) is 4. The lowest BCUT2D eigenvalue weighted by atomic mass is 9.98. The highest BCUT2D eigenvalue weighted by molar-refractivity contribution is 5.66. The predicted molar refractivity (Wildman–Crippen MR) is 75.6 cm³/mol. The SMILES string of the molecule is CC(C)N1CCCCC1Cc1nc(CCC(=O)O)co1. The molecule has 5 heteroatoms. The Labute approximate surface area is 120 Å². The average Bonchev–Trinajstić information content (AvgIpc) is 2.84. The van der Waals surface area contributed by atoms with Crippen molar-refractivity contribution < 1.29 is 14.3 Å². The summed E-state index contributed by atoms with van der Waals surface area (Å²) in [6, 6.07) is 1.04. The van der Waals surface area contributed by atoms with Crippen LogP contribution in [-0.4, -0.2) is 39.6 Å². The molecular weight excluding hydrogens is 256 g/mol. The van der Waals surface area contributed by atoms with E-state index in [2.05, 4.69) is 23.7 Å². The van der Waals surface area contributed by atoms with E-state index in [1.807, 2.05) is 0 Å². The van der Waals surface area contributed by atoms with Crippen LogP contribution in [0.15, 0.2) is 10.7 Å². The fourth-order valence-electron chi connectivity index (χ4n) is 2.92. The number of carboxylic acids is 1. The Kier molecular flexibility index (Phi) is 5.17. The maximum atomic E-state index is 10.5. The zero-order chi connectivity index (χ0) is 14.5. The third kappa shape index (κ3) is 4.07. The molecule has 0 saturated carbocycles. The van der Waals surface area contributed by atoms with Crippen LogP contribution >= 0.6 is 0 Å². The van der Waals surface area contributed by atoms with Crippen molar-refractivity contribution in [1.82, 2.24) is 9.88 Å². The first kappa shape index (κ1) is 15.0. The largest absolute Gasteiger partial charge is 0.481 e. The van der Waals surface area contributed by atoms with Crippen LogP contribution in [0.25, 0.3) is 0 Å². The summed E-state index contributed by atoms with van der Waals surface area (Å²) < 4.78 is 5.50. The molecular formula is C15H24N2O3. The Balaban J connectivity index is 1.93. The number of rotatable bonds is 6. The lowest BCUT2D eigenvalue weighted by Gasteiger charge is -2.38. The smallest absolute Gasteiger partial charge is 0.303 e. The van der Waals surface area contributed by atoms with Crippen LogP contribution in [0.3, 0.4) is 0 Å². The lowest BCUT2D eigenvalue weighted by molar-refractivity contribution is -0.136. The highest BCUT2D eigenvalue weighted by Gasteiger charge is 2.26. The van der Waals surface area contributed by atoms with Gasteiger partial charge in [0.2, 0.25) is 0 Å². The van der Waals surface area contributed by atoms with Crippen LogP contribution in [-0.2, 0) is 17.6 Å². The van der Waals surface area contributed by atoms with Crippen molar-refractivity contribution in [1.29, 1.82) is 0 Å². The number of likely N-dealkylation sites (tertiary alicyclic amines) is 1. The van der Waals surface area contributed by atoms with E-state index < -0.39 is 5.97 Å². The molecule has 0 aliphatic carbocycles. The number of aryl methyl sites for hydroxylation is 1. The minimum absolute atomic E-state index is 0.105. The van der Waals surface area contributed by atoms with E-state index in [9.17, 15) is 4.79 Å². The Hall–Kier alpha value is -1.36. The van der Waals surface area contributed by atoms with Gasteiger partial charge in [-0.05, 0) is 33.2 Å². The maximum absolute atomic E-state index is 10.5. The van der Waals surface area contributed by atoms with E-state index in [-0.39, 0.29) is 6.42 Å². The number of piperidine rings is 1. The topological polar surface area (TPSA) is 66.6 Å². The van der Waals surface area contributed by atoms with E-state index in [1.54, 1.807) is 6.26 Å². The summed E-state index contributed by atoms with van der Waals surface area (Å²) >= 11 is 0. The molecule has 20 heavy (non-hydrogen) atoms. The average molecular weight is 280 g/mol. The van der Waals surface area contributed by atoms with Gasteiger partial charge in [-0.15, -0.1) is 0 Å². The number of aromatic nitrogens is 1. The number of aliphatic carboxylic acids is 1. The van der Waals surface area contributed by atoms with Gasteiger partial charge in [-0.2, -0.15) is 0 Å². The molecule has 5 nitrogen and oxygen atoms in total. The summed E-state index contributed by atoms with van der Waals surface area (Å²) in [4.78, 5) is 17.5. The minimum atomic E-state index is -0.798. The standard InChI is InChI=1S/C15H24N2O3/c1-11(2)17-8-4-3-5-13(17)9-14-16-12(10-20-14)6-7-15(18)19/h10-11,13H,3-9H2,1-2H3,(H,18,19). The molecule has 1 fully saturated rings. The molecule has 1 aromatic rings. The molecule has 0 aromatic carbocycles. The molecule has 1 aromatic heterocycles. The first-order chi connectivity index (χ1) is 9.56. The first-order valence-electron chi connectivity index (χ1n) is 7.47. The van der Waals surface area contributed by atoms with Crippen molar-refractivity contribution in [2.45, 2.75) is 64.5 Å². The summed E-state index contributed by atoms with van der Waals surface area (Å²) in [5, 5.41) is 8.67. The third-order valence-electron chi connectivity index (χ3n) is 3.94. The number of hydrogen-bond donors (Lipinski definition) is 1. The Bertz CT molecular complexity index is 442. The van der Waals surface area contributed by atoms with E-state index in [0.717, 1.165) is 24.6 Å². The van der Waals surface area contributed by atoms with Crippen molar-refractivity contribution in [3.05, 3.63) is 17.8 Å². The molecule has 2 rings (SSSR count). The fraction of sp³-hybridized carbons (Fsp3) is 0.733. The van der Waals surface area contributed by atoms with Crippen LogP contribution < -0.4 is 0 Å². The first-order valence-corrected chi connectivity index (χ1v) is 7.47. The molecule has 1 saturated heterocycles. The molecule has 1 unspecified atom stereocenters. The molecule has 0 spiro atoms. The Morgan fingerprint density at radius 2 is 2.35 bits per heavy atom. The van der Waals surface area contributed by atoms with Crippen LogP contribution in [0.4, 0.5) is 0 Å². The number of oxazole rings is 1. The maximum Gasteiger partial charge on any atom is 0.303 e. The molecule has 2 heterocycles. The second-order valence-electron chi connectivity index (χ2n) is 5.81. The van der Waals surface area contributed by atoms with E-state index in [0.29, 0.717) is 18.5 Å². The van der Waals surface area contributed by atoms with Crippen LogP contribution in [0.2, 0.25) is 0 Å². The Morgan fingerprint density at radius 1 is 1.55 bits per heavy atom. The van der Waals surface area contributed by atoms with Gasteiger partial charge in [0, 0.05) is 24.9 Å². The summed E-state index contributed by atoms with van der Waals surface area (Å²) in [7, 11) is 0. The highest BCUT2D eigenvalue weighted by atomic mass is 16.4. The normalized spacial score (nSPS) is 20.4. The van der Waals surface area contributed by atoms with Gasteiger partial charge >= 0.3 is 5.97 Å². The highest BCUT2D eigenvalue weighted by Crippen LogP contribution is 2.22. The Morgan fingerprint density at radius 3 is 3.05 bits per heavy atom. The van der Waals surface area contributed by atoms with Crippen molar-refractivity contribution in [3.63, 3.8) is 0 Å². The summed E-state index contributed by atoms with van der Waals surface area (Å²) in [5.74, 6) is -0.0595. The lowest BCUT2D eigenvalue weighted by Crippen LogP contribution is -2.45. The summed E-state index contributed by atoms with van der Waals surface area (Å²) in [6.07, 6.45) is 6.69. The van der Waals surface area contributed by atoms with Gasteiger partial charge in [-0.3, -0.25) is 9.69 Å². The zero-order valence-corrected chi connectivity index (χ0v) is 12.3. The van der Waals surface area contributed by atoms with Gasteiger partial charge < -0.3 is 9.52 Å². The zero-order valence-electron chi connectivity index (χ0n) is 12.3. The van der Waals surface area contributed by atoms with Gasteiger partial charge in [0.15, 0.2) is 5.89 Å². The molecule has 0 bridgehead atoms. The number of nitrogens with zero attached hydrogens (tertiary/aromatic N) is 2. The quantitative estimate of drug-likeness (QED) is 0.867. The fourth-order valence-corrected chi connectivity index (χ4v) is 2.92. The monoisotopic (exact) mass is 280 g/mol. The third-order valence-corrected chi connectivity index (χ3v) is 3.94. The summed E-state index contributed by atoms with van der Waals surface area (Å²) in [6.45, 7) is 5.60. The second-order valence-corrected chi connectivity index (χ2v) is 5.81. The van der Waals surface area contributed by atoms with Crippen molar-refractivity contribution in [2.75, 3.05) is 6.54 Å². The van der Waals surface area contributed by atoms with Crippen LogP contribution in [0, 0.1) is 0 Å². The van der Waals surface area contributed by atoms with Crippen molar-refractivity contribution in [2.24, 2.45) is 0 Å². The van der Waals surface area contributed by atoms with Crippen molar-refractivity contribution >= 4 is 5.97 Å². The molecule has 1 aliphatic rings. The molecule has 0 radical (unpaired) electrons. The van der Waals surface area contributed by atoms with Crippen LogP contribution in [0.1, 0.15) is 51.1 Å². The molecule has 0 amide bonds. The van der Waals surface area contributed by atoms with E-state index >= 15 is 0 Å². The minimum Gasteiger partial charge on any atom is -0.481 e. The molecule has 112 valence electrons. The van der Waals surface area contributed by atoms with Gasteiger partial charge in [-0.1, -0.05) is 6.42 Å². The summed E-state index contributed by atoms with van der Waals surface area (Å²) in [5.41, 5.74) is 0.745. The van der Waals surface area contributed by atoms with Crippen molar-refractivity contribution in [3.8, 4) is 0 Å². The van der Waals surface area contributed by atoms with Gasteiger partial charge in [-0.25, -0.2) is 4.98 Å². The van der Waals surface area contributed by atoms with Gasteiger partial charge in [0.25, 0.3) is 0 Å². The predicted octanol–water partition coefficient (Wildman–Crippen LogP) is 2.50. The molecule has 1 aliphatic heterocycles. The van der Waals surface area contributed by atoms with Gasteiger partial charge in [0.1, 0.15) is 6.26 Å². The molecule has 1 atom stereocenters. The number of carboxylic acid groups (broad SMARTS) is 1. The van der Waals surface area contributed by atoms with Gasteiger partial charge in [0.05, 0.1) is 12.1 Å². The van der Waals surface area contributed by atoms with Crippen LogP contribution in [0.5, 0.6) is 0 Å². The second kappa shape index (κ2) is 6.88.